The molecule has 0 unspecified atom stereocenters. The molecule has 0 saturated heterocycles. The summed E-state index contributed by atoms with van der Waals surface area (Å²) in [4.78, 5) is 37.3. The number of hydrogen-bond donors (Lipinski definition) is 2. The molecule has 2 N–H and O–H groups in total. The van der Waals surface area contributed by atoms with E-state index in [4.69, 9.17) is 4.74 Å². The van der Waals surface area contributed by atoms with Gasteiger partial charge < -0.3 is 15.4 Å². The lowest BCUT2D eigenvalue weighted by atomic mass is 9.47. The molecule has 7 nitrogen and oxygen atoms in total. The van der Waals surface area contributed by atoms with Crippen LogP contribution in [-0.4, -0.2) is 37.0 Å². The van der Waals surface area contributed by atoms with Gasteiger partial charge in [-0.05, 0) is 104 Å². The Kier molecular flexibility index (Phi) is 8.59. The van der Waals surface area contributed by atoms with E-state index >= 15 is 0 Å². The first kappa shape index (κ1) is 30.0. The Morgan fingerprint density at radius 1 is 1.05 bits per heavy atom. The average Bonchev–Trinajstić information content (AvgIpc) is 3.32. The molecule has 0 spiro atoms. The number of halogens is 1. The molecular formula is C34H42FN3O4. The fourth-order valence-electron chi connectivity index (χ4n) is 8.90. The summed E-state index contributed by atoms with van der Waals surface area (Å²) >= 11 is 0. The zero-order chi connectivity index (χ0) is 30.1. The van der Waals surface area contributed by atoms with E-state index in [0.29, 0.717) is 29.1 Å². The van der Waals surface area contributed by atoms with Crippen molar-refractivity contribution in [3.63, 3.8) is 0 Å². The number of ether oxygens (including phenoxy) is 1. The third-order valence-electron chi connectivity index (χ3n) is 11.0. The summed E-state index contributed by atoms with van der Waals surface area (Å²) in [5.41, 5.74) is 2.12. The Balaban J connectivity index is 1.10. The van der Waals surface area contributed by atoms with Gasteiger partial charge in [-0.25, -0.2) is 9.18 Å². The highest BCUT2D eigenvalue weighted by Crippen LogP contribution is 2.66. The molecule has 4 aliphatic carbocycles. The number of carbonyl (C=O) groups excluding carboxylic acids is 3. The van der Waals surface area contributed by atoms with Crippen LogP contribution < -0.4 is 10.6 Å². The number of alkyl carbamates (subject to hydrolysis) is 1. The molecule has 224 valence electrons. The highest BCUT2D eigenvalue weighted by atomic mass is 19.1. The predicted octanol–water partition coefficient (Wildman–Crippen LogP) is 6.11. The molecule has 0 aromatic heterocycles. The zero-order valence-corrected chi connectivity index (χ0v) is 24.9. The summed E-state index contributed by atoms with van der Waals surface area (Å²) in [6, 6.07) is 7.34. The summed E-state index contributed by atoms with van der Waals surface area (Å²) < 4.78 is 18.9. The lowest BCUT2D eigenvalue weighted by Gasteiger charge is -2.58. The highest BCUT2D eigenvalue weighted by Gasteiger charge is 2.59. The van der Waals surface area contributed by atoms with Crippen molar-refractivity contribution in [1.82, 2.24) is 10.6 Å². The zero-order valence-electron chi connectivity index (χ0n) is 24.9. The average molecular weight is 576 g/mol. The van der Waals surface area contributed by atoms with Crippen molar-refractivity contribution in [3.8, 4) is 6.07 Å². The summed E-state index contributed by atoms with van der Waals surface area (Å²) in [5, 5.41) is 14.6. The van der Waals surface area contributed by atoms with Crippen LogP contribution in [0.4, 0.5) is 9.18 Å². The largest absolute Gasteiger partial charge is 0.446 e. The molecule has 42 heavy (non-hydrogen) atoms. The monoisotopic (exact) mass is 575 g/mol. The number of ketones is 1. The maximum Gasteiger partial charge on any atom is 0.407 e. The van der Waals surface area contributed by atoms with E-state index in [1.54, 1.807) is 6.92 Å². The van der Waals surface area contributed by atoms with E-state index in [-0.39, 0.29) is 41.5 Å². The number of Topliss-reactive ketones (excluding diaryl/α,β-unsaturated/α-hetero) is 1. The summed E-state index contributed by atoms with van der Waals surface area (Å²) in [6.45, 7) is 6.86. The van der Waals surface area contributed by atoms with Crippen molar-refractivity contribution in [2.24, 2.45) is 34.5 Å². The topological polar surface area (TPSA) is 108 Å². The summed E-state index contributed by atoms with van der Waals surface area (Å²) in [6.07, 6.45) is 11.2. The van der Waals surface area contributed by atoms with Crippen molar-refractivity contribution < 1.29 is 23.5 Å². The first-order valence-corrected chi connectivity index (χ1v) is 15.3. The quantitative estimate of drug-likeness (QED) is 0.176. The molecule has 2 amide bonds. The van der Waals surface area contributed by atoms with Gasteiger partial charge in [0.15, 0.2) is 0 Å². The summed E-state index contributed by atoms with van der Waals surface area (Å²) in [5.74, 6) is 1.47. The minimum Gasteiger partial charge on any atom is -0.446 e. The maximum absolute atomic E-state index is 13.1. The van der Waals surface area contributed by atoms with Gasteiger partial charge in [0, 0.05) is 25.4 Å². The number of hydrogen-bond acceptors (Lipinski definition) is 5. The van der Waals surface area contributed by atoms with Crippen LogP contribution in [0.5, 0.6) is 0 Å². The minimum absolute atomic E-state index is 0.105. The molecule has 0 radical (unpaired) electrons. The van der Waals surface area contributed by atoms with Crippen LogP contribution in [0.2, 0.25) is 0 Å². The van der Waals surface area contributed by atoms with Gasteiger partial charge in [0.05, 0.1) is 0 Å². The second-order valence-electron chi connectivity index (χ2n) is 13.2. The smallest absolute Gasteiger partial charge is 0.407 e. The Morgan fingerprint density at radius 3 is 2.50 bits per heavy atom. The summed E-state index contributed by atoms with van der Waals surface area (Å²) in [7, 11) is 0. The van der Waals surface area contributed by atoms with Gasteiger partial charge in [-0.2, -0.15) is 5.26 Å². The minimum atomic E-state index is -0.566. The number of fused-ring (bicyclic) bond motifs is 5. The number of allylic oxidation sites excluding steroid dienone is 1. The number of carbonyl (C=O) groups is 3. The second-order valence-corrected chi connectivity index (χ2v) is 13.2. The number of nitrogens with one attached hydrogen (secondary N) is 2. The van der Waals surface area contributed by atoms with Crippen LogP contribution in [0, 0.1) is 51.6 Å². The van der Waals surface area contributed by atoms with Crippen LogP contribution in [0.1, 0.15) is 77.7 Å². The van der Waals surface area contributed by atoms with Crippen LogP contribution in [0.25, 0.3) is 6.08 Å². The van der Waals surface area contributed by atoms with E-state index in [9.17, 15) is 24.0 Å². The Morgan fingerprint density at radius 2 is 1.79 bits per heavy atom. The van der Waals surface area contributed by atoms with Crippen LogP contribution in [0.15, 0.2) is 41.5 Å². The van der Waals surface area contributed by atoms with Crippen LogP contribution in [0.3, 0.4) is 0 Å². The van der Waals surface area contributed by atoms with E-state index in [2.05, 4.69) is 30.6 Å². The van der Waals surface area contributed by atoms with Crippen LogP contribution in [-0.2, 0) is 14.3 Å². The van der Waals surface area contributed by atoms with Crippen molar-refractivity contribution in [3.05, 3.63) is 52.9 Å². The molecule has 8 heteroatoms. The molecule has 5 rings (SSSR count). The second kappa shape index (κ2) is 12.0. The lowest BCUT2D eigenvalue weighted by Crippen LogP contribution is -2.51. The van der Waals surface area contributed by atoms with Crippen molar-refractivity contribution in [2.75, 3.05) is 13.1 Å². The predicted molar refractivity (Wildman–Crippen MR) is 157 cm³/mol. The van der Waals surface area contributed by atoms with Gasteiger partial charge in [0.2, 0.25) is 0 Å². The molecule has 0 heterocycles. The lowest BCUT2D eigenvalue weighted by molar-refractivity contribution is -0.127. The van der Waals surface area contributed by atoms with E-state index in [1.807, 2.05) is 6.07 Å². The number of nitriles is 1. The van der Waals surface area contributed by atoms with E-state index < -0.39 is 17.8 Å². The van der Waals surface area contributed by atoms with Gasteiger partial charge in [-0.1, -0.05) is 37.6 Å². The molecule has 0 bridgehead atoms. The molecule has 1 aromatic carbocycles. The van der Waals surface area contributed by atoms with Gasteiger partial charge in [-0.15, -0.1) is 0 Å². The fraction of sp³-hybridized carbons (Fsp3) is 0.588. The van der Waals surface area contributed by atoms with E-state index in [1.165, 1.54) is 42.3 Å². The molecule has 4 aliphatic rings. The first-order valence-electron chi connectivity index (χ1n) is 15.3. The molecule has 0 aliphatic heterocycles. The normalized spacial score (nSPS) is 33.6. The Bertz CT molecular complexity index is 1330. The van der Waals surface area contributed by atoms with Gasteiger partial charge in [0.1, 0.15) is 29.3 Å². The standard InChI is InChI=1S/C34H42FN3O4/c1-21(39)28-10-11-29-27-9-6-24-19-26(12-14-33(24,2)30(27)13-15-34(28,29)3)42-32(41)38-17-16-37-31(40)23(20-36)18-22-4-7-25(35)8-5-22/h4-8,18,26-30H,9-17,19H2,1-3H3,(H,37,40)(H,38,41)/b23-18+/t26-,27-,28+,29-,30-,33-,34+/m0/s1. The third-order valence-corrected chi connectivity index (χ3v) is 11.0. The maximum atomic E-state index is 13.1. The Hall–Kier alpha value is -3.47. The van der Waals surface area contributed by atoms with Crippen LogP contribution >= 0.6 is 0 Å². The Labute approximate surface area is 248 Å². The van der Waals surface area contributed by atoms with Crippen molar-refractivity contribution in [2.45, 2.75) is 78.2 Å². The highest BCUT2D eigenvalue weighted by molar-refractivity contribution is 6.01. The van der Waals surface area contributed by atoms with Crippen molar-refractivity contribution in [1.29, 1.82) is 5.26 Å². The number of benzene rings is 1. The van der Waals surface area contributed by atoms with Gasteiger partial charge >= 0.3 is 6.09 Å². The van der Waals surface area contributed by atoms with E-state index in [0.717, 1.165) is 44.9 Å². The first-order chi connectivity index (χ1) is 20.0. The number of rotatable bonds is 7. The van der Waals surface area contributed by atoms with Crippen molar-refractivity contribution >= 4 is 23.9 Å². The fourth-order valence-corrected chi connectivity index (χ4v) is 8.90. The third kappa shape index (κ3) is 5.75. The number of amides is 2. The van der Waals surface area contributed by atoms with Gasteiger partial charge in [-0.3, -0.25) is 9.59 Å². The van der Waals surface area contributed by atoms with Gasteiger partial charge in [0.25, 0.3) is 5.91 Å². The molecule has 7 atom stereocenters. The molecular weight excluding hydrogens is 533 g/mol. The molecule has 1 aromatic rings. The molecule has 3 saturated carbocycles. The number of nitrogens with zero attached hydrogens (tertiary/aromatic N) is 1. The molecule has 3 fully saturated rings. The SMILES string of the molecule is CC(=O)[C@H]1CC[C@H]2[C@@H]3CC=C4C[C@@H](OC(=O)NCCNC(=O)/C(C#N)=C/c5ccc(F)cc5)CC[C@]4(C)[C@H]3CC[C@]12C.